The second-order valence-electron chi connectivity index (χ2n) is 2.75. The van der Waals surface area contributed by atoms with Gasteiger partial charge in [-0.05, 0) is 6.42 Å². The Morgan fingerprint density at radius 1 is 1.38 bits per heavy atom. The lowest BCUT2D eigenvalue weighted by Gasteiger charge is -2.06. The predicted molar refractivity (Wildman–Crippen MR) is 56.3 cm³/mol. The van der Waals surface area contributed by atoms with Crippen molar-refractivity contribution in [3.8, 4) is 0 Å². The molecule has 3 heteroatoms. The Morgan fingerprint density at radius 2 is 1.92 bits per heavy atom. The third-order valence-corrected chi connectivity index (χ3v) is 1.83. The van der Waals surface area contributed by atoms with Gasteiger partial charge in [-0.3, -0.25) is 4.79 Å². The highest BCUT2D eigenvalue weighted by Gasteiger charge is 2.12. The lowest BCUT2D eigenvalue weighted by Crippen LogP contribution is -2.29. The molecule has 0 radical (unpaired) electrons. The molecule has 13 heavy (non-hydrogen) atoms. The minimum atomic E-state index is -0.354. The Morgan fingerprint density at radius 3 is 2.38 bits per heavy atom. The third-order valence-electron chi connectivity index (χ3n) is 1.83. The van der Waals surface area contributed by atoms with Gasteiger partial charge >= 0.3 is 0 Å². The Labute approximate surface area is 84.5 Å². The van der Waals surface area contributed by atoms with Gasteiger partial charge in [0.15, 0.2) is 5.78 Å². The van der Waals surface area contributed by atoms with E-state index in [1.54, 1.807) is 12.1 Å². The number of nitrogens with two attached hydrogens (primary N) is 1. The smallest absolute Gasteiger partial charge is 0.179 e. The Kier molecular flexibility index (Phi) is 5.35. The van der Waals surface area contributed by atoms with Gasteiger partial charge in [0, 0.05) is 5.56 Å². The number of carbonyl (C=O) groups excluding carboxylic acids is 1. The summed E-state index contributed by atoms with van der Waals surface area (Å²) >= 11 is 0. The lowest BCUT2D eigenvalue weighted by atomic mass is 10.0. The van der Waals surface area contributed by atoms with Crippen molar-refractivity contribution in [3.05, 3.63) is 35.9 Å². The summed E-state index contributed by atoms with van der Waals surface area (Å²) in [6.45, 7) is 1.91. The minimum Gasteiger partial charge on any atom is -0.321 e. The molecule has 0 amide bonds. The van der Waals surface area contributed by atoms with Crippen molar-refractivity contribution in [2.45, 2.75) is 19.4 Å². The second kappa shape index (κ2) is 5.73. The monoisotopic (exact) mass is 199 g/mol. The molecule has 2 N–H and O–H groups in total. The molecule has 0 saturated carbocycles. The van der Waals surface area contributed by atoms with Crippen molar-refractivity contribution in [2.75, 3.05) is 0 Å². The zero-order chi connectivity index (χ0) is 8.97. The summed E-state index contributed by atoms with van der Waals surface area (Å²) in [4.78, 5) is 11.5. The molecular weight excluding hydrogens is 186 g/mol. The van der Waals surface area contributed by atoms with Crippen LogP contribution in [-0.2, 0) is 0 Å². The first-order valence-corrected chi connectivity index (χ1v) is 4.10. The second-order valence-corrected chi connectivity index (χ2v) is 2.75. The zero-order valence-electron chi connectivity index (χ0n) is 7.57. The van der Waals surface area contributed by atoms with Crippen molar-refractivity contribution in [1.29, 1.82) is 0 Å². The maximum absolute atomic E-state index is 11.5. The molecule has 0 aromatic heterocycles. The molecule has 0 aliphatic heterocycles. The summed E-state index contributed by atoms with van der Waals surface area (Å²) < 4.78 is 0. The SMILES string of the molecule is CCC(N)C(=O)c1ccccc1.Cl. The summed E-state index contributed by atoms with van der Waals surface area (Å²) in [5.74, 6) is 0.0260. The van der Waals surface area contributed by atoms with Crippen LogP contribution in [0.3, 0.4) is 0 Å². The van der Waals surface area contributed by atoms with E-state index in [4.69, 9.17) is 5.73 Å². The average molecular weight is 200 g/mol. The van der Waals surface area contributed by atoms with Crippen LogP contribution in [0.5, 0.6) is 0 Å². The fourth-order valence-corrected chi connectivity index (χ4v) is 1.00. The standard InChI is InChI=1S/C10H13NO.ClH/c1-2-9(11)10(12)8-6-4-3-5-7-8;/h3-7,9H,2,11H2,1H3;1H. The van der Waals surface area contributed by atoms with Crippen LogP contribution in [0, 0.1) is 0 Å². The normalized spacial score (nSPS) is 11.5. The average Bonchev–Trinajstić information content (AvgIpc) is 2.17. The first kappa shape index (κ1) is 12.1. The molecule has 1 rings (SSSR count). The van der Waals surface area contributed by atoms with Crippen molar-refractivity contribution in [1.82, 2.24) is 0 Å². The molecule has 0 bridgehead atoms. The van der Waals surface area contributed by atoms with Gasteiger partial charge in [-0.15, -0.1) is 12.4 Å². The van der Waals surface area contributed by atoms with E-state index in [-0.39, 0.29) is 24.2 Å². The summed E-state index contributed by atoms with van der Waals surface area (Å²) in [6.07, 6.45) is 0.688. The van der Waals surface area contributed by atoms with Gasteiger partial charge in [-0.1, -0.05) is 37.3 Å². The highest BCUT2D eigenvalue weighted by Crippen LogP contribution is 2.03. The van der Waals surface area contributed by atoms with Gasteiger partial charge in [0.1, 0.15) is 0 Å². The summed E-state index contributed by atoms with van der Waals surface area (Å²) in [7, 11) is 0. The molecule has 0 spiro atoms. The molecule has 2 nitrogen and oxygen atoms in total. The van der Waals surface area contributed by atoms with Crippen molar-refractivity contribution in [3.63, 3.8) is 0 Å². The highest BCUT2D eigenvalue weighted by atomic mass is 35.5. The van der Waals surface area contributed by atoms with Crippen LogP contribution in [0.15, 0.2) is 30.3 Å². The summed E-state index contributed by atoms with van der Waals surface area (Å²) in [5, 5.41) is 0. The van der Waals surface area contributed by atoms with Gasteiger partial charge in [0.05, 0.1) is 6.04 Å². The molecule has 0 heterocycles. The quantitative estimate of drug-likeness (QED) is 0.757. The third kappa shape index (κ3) is 3.17. The van der Waals surface area contributed by atoms with Crippen LogP contribution in [-0.4, -0.2) is 11.8 Å². The molecule has 1 aromatic carbocycles. The fraction of sp³-hybridized carbons (Fsp3) is 0.300. The van der Waals surface area contributed by atoms with E-state index in [9.17, 15) is 4.79 Å². The van der Waals surface area contributed by atoms with E-state index in [1.165, 1.54) is 0 Å². The van der Waals surface area contributed by atoms with E-state index in [1.807, 2.05) is 25.1 Å². The Hall–Kier alpha value is -0.860. The van der Waals surface area contributed by atoms with E-state index in [0.29, 0.717) is 12.0 Å². The fourth-order valence-electron chi connectivity index (χ4n) is 1.00. The van der Waals surface area contributed by atoms with Gasteiger partial charge in [-0.25, -0.2) is 0 Å². The first-order chi connectivity index (χ1) is 5.75. The van der Waals surface area contributed by atoms with E-state index < -0.39 is 0 Å². The van der Waals surface area contributed by atoms with Crippen molar-refractivity contribution < 1.29 is 4.79 Å². The van der Waals surface area contributed by atoms with Crippen LogP contribution in [0.1, 0.15) is 23.7 Å². The molecule has 1 unspecified atom stereocenters. The van der Waals surface area contributed by atoms with Gasteiger partial charge in [0.25, 0.3) is 0 Å². The number of Topliss-reactive ketones (excluding diaryl/α,β-unsaturated/α-hetero) is 1. The predicted octanol–water partition coefficient (Wildman–Crippen LogP) is 2.03. The maximum Gasteiger partial charge on any atom is 0.179 e. The Bertz CT molecular complexity index is 261. The number of benzene rings is 1. The molecule has 0 aliphatic carbocycles. The van der Waals surface area contributed by atoms with Crippen LogP contribution in [0.25, 0.3) is 0 Å². The lowest BCUT2D eigenvalue weighted by molar-refractivity contribution is 0.0959. The minimum absolute atomic E-state index is 0. The van der Waals surface area contributed by atoms with Gasteiger partial charge < -0.3 is 5.73 Å². The van der Waals surface area contributed by atoms with Crippen LogP contribution in [0.4, 0.5) is 0 Å². The zero-order valence-corrected chi connectivity index (χ0v) is 8.38. The molecule has 72 valence electrons. The van der Waals surface area contributed by atoms with Crippen LogP contribution in [0.2, 0.25) is 0 Å². The van der Waals surface area contributed by atoms with E-state index in [0.717, 1.165) is 0 Å². The number of hydrogen-bond acceptors (Lipinski definition) is 2. The molecule has 0 saturated heterocycles. The van der Waals surface area contributed by atoms with Crippen molar-refractivity contribution >= 4 is 18.2 Å². The molecular formula is C10H14ClNO. The Balaban J connectivity index is 0.00000144. The number of rotatable bonds is 3. The first-order valence-electron chi connectivity index (χ1n) is 4.10. The largest absolute Gasteiger partial charge is 0.321 e. The van der Waals surface area contributed by atoms with Crippen LogP contribution >= 0.6 is 12.4 Å². The van der Waals surface area contributed by atoms with E-state index in [2.05, 4.69) is 0 Å². The topological polar surface area (TPSA) is 43.1 Å². The molecule has 1 atom stereocenters. The molecule has 0 aliphatic rings. The molecule has 0 fully saturated rings. The van der Waals surface area contributed by atoms with Crippen molar-refractivity contribution in [2.24, 2.45) is 5.73 Å². The van der Waals surface area contributed by atoms with E-state index >= 15 is 0 Å². The van der Waals surface area contributed by atoms with Gasteiger partial charge in [-0.2, -0.15) is 0 Å². The van der Waals surface area contributed by atoms with Gasteiger partial charge in [0.2, 0.25) is 0 Å². The highest BCUT2D eigenvalue weighted by molar-refractivity contribution is 5.99. The maximum atomic E-state index is 11.5. The molecule has 1 aromatic rings. The summed E-state index contributed by atoms with van der Waals surface area (Å²) in [5.41, 5.74) is 6.30. The number of ketones is 1. The number of halogens is 1. The summed E-state index contributed by atoms with van der Waals surface area (Å²) in [6, 6.07) is 8.79. The van der Waals surface area contributed by atoms with Crippen LogP contribution < -0.4 is 5.73 Å². The number of hydrogen-bond donors (Lipinski definition) is 1. The number of carbonyl (C=O) groups is 1.